The fourth-order valence-corrected chi connectivity index (χ4v) is 2.28. The number of hydrogen-bond donors (Lipinski definition) is 2. The van der Waals surface area contributed by atoms with Crippen molar-refractivity contribution in [2.75, 3.05) is 19.7 Å². The molecule has 100 valence electrons. The third kappa shape index (κ3) is 6.64. The van der Waals surface area contributed by atoms with Crippen molar-refractivity contribution in [2.45, 2.75) is 58.0 Å². The first-order chi connectivity index (χ1) is 8.22. The van der Waals surface area contributed by atoms with E-state index in [-0.39, 0.29) is 5.97 Å². The highest BCUT2D eigenvalue weighted by Crippen LogP contribution is 2.10. The van der Waals surface area contributed by atoms with E-state index < -0.39 is 0 Å². The summed E-state index contributed by atoms with van der Waals surface area (Å²) < 4.78 is 4.88. The summed E-state index contributed by atoms with van der Waals surface area (Å²) >= 11 is 0. The molecule has 0 aromatic carbocycles. The number of rotatable bonds is 8. The molecule has 0 amide bonds. The second kappa shape index (κ2) is 8.48. The van der Waals surface area contributed by atoms with Crippen LogP contribution in [-0.4, -0.2) is 37.7 Å². The van der Waals surface area contributed by atoms with Gasteiger partial charge in [-0.15, -0.1) is 0 Å². The van der Waals surface area contributed by atoms with Crippen molar-refractivity contribution in [1.29, 1.82) is 0 Å². The number of carbonyl (C=O) groups is 1. The van der Waals surface area contributed by atoms with Gasteiger partial charge in [0.2, 0.25) is 0 Å². The summed E-state index contributed by atoms with van der Waals surface area (Å²) in [5, 5.41) is 6.96. The number of hydrogen-bond acceptors (Lipinski definition) is 4. The van der Waals surface area contributed by atoms with Crippen LogP contribution in [0.2, 0.25) is 0 Å². The van der Waals surface area contributed by atoms with Crippen molar-refractivity contribution in [1.82, 2.24) is 10.6 Å². The van der Waals surface area contributed by atoms with Gasteiger partial charge in [0.1, 0.15) is 0 Å². The molecule has 0 aliphatic carbocycles. The van der Waals surface area contributed by atoms with Crippen molar-refractivity contribution in [3.05, 3.63) is 0 Å². The Morgan fingerprint density at radius 1 is 1.59 bits per heavy atom. The molecule has 0 saturated carbocycles. The minimum absolute atomic E-state index is 0.0839. The topological polar surface area (TPSA) is 50.4 Å². The molecule has 1 heterocycles. The molecule has 1 fully saturated rings. The normalized spacial score (nSPS) is 21.4. The lowest BCUT2D eigenvalue weighted by molar-refractivity contribution is -0.143. The number of ether oxygens (including phenoxy) is 1. The van der Waals surface area contributed by atoms with Crippen LogP contribution in [0.15, 0.2) is 0 Å². The quantitative estimate of drug-likeness (QED) is 0.500. The van der Waals surface area contributed by atoms with Gasteiger partial charge in [0.05, 0.1) is 6.61 Å². The van der Waals surface area contributed by atoms with Gasteiger partial charge in [-0.2, -0.15) is 0 Å². The Morgan fingerprint density at radius 3 is 3.06 bits per heavy atom. The average molecular weight is 242 g/mol. The van der Waals surface area contributed by atoms with Gasteiger partial charge in [-0.25, -0.2) is 0 Å². The van der Waals surface area contributed by atoms with Crippen LogP contribution in [0.4, 0.5) is 0 Å². The maximum absolute atomic E-state index is 11.1. The Kier molecular flexibility index (Phi) is 7.21. The number of nitrogens with one attached hydrogen (secondary N) is 2. The zero-order valence-electron chi connectivity index (χ0n) is 11.1. The lowest BCUT2D eigenvalue weighted by Crippen LogP contribution is -2.34. The van der Waals surface area contributed by atoms with Gasteiger partial charge >= 0.3 is 5.97 Å². The van der Waals surface area contributed by atoms with Crippen LogP contribution in [-0.2, 0) is 9.53 Å². The van der Waals surface area contributed by atoms with E-state index in [0.717, 1.165) is 13.0 Å². The molecule has 0 aromatic heterocycles. The molecule has 1 rings (SSSR count). The number of esters is 1. The molecular formula is C13H26N2O2. The molecule has 0 aromatic rings. The fourth-order valence-electron chi connectivity index (χ4n) is 2.28. The van der Waals surface area contributed by atoms with Crippen LogP contribution in [0, 0.1) is 0 Å². The molecule has 0 radical (unpaired) electrons. The molecule has 1 aliphatic heterocycles. The molecule has 0 spiro atoms. The number of carbonyl (C=O) groups excluding carboxylic acids is 1. The lowest BCUT2D eigenvalue weighted by Gasteiger charge is -2.18. The molecule has 2 N–H and O–H groups in total. The fraction of sp³-hybridized carbons (Fsp3) is 0.923. The summed E-state index contributed by atoms with van der Waals surface area (Å²) in [5.74, 6) is -0.0839. The van der Waals surface area contributed by atoms with Crippen molar-refractivity contribution in [3.8, 4) is 0 Å². The smallest absolute Gasteiger partial charge is 0.305 e. The third-order valence-electron chi connectivity index (χ3n) is 3.16. The molecule has 17 heavy (non-hydrogen) atoms. The highest BCUT2D eigenvalue weighted by Gasteiger charge is 2.16. The van der Waals surface area contributed by atoms with E-state index in [9.17, 15) is 4.79 Å². The van der Waals surface area contributed by atoms with E-state index in [1.54, 1.807) is 0 Å². The van der Waals surface area contributed by atoms with E-state index in [1.165, 1.54) is 25.8 Å². The minimum atomic E-state index is -0.0839. The van der Waals surface area contributed by atoms with Gasteiger partial charge in [-0.05, 0) is 52.6 Å². The molecule has 4 heteroatoms. The van der Waals surface area contributed by atoms with Gasteiger partial charge in [0, 0.05) is 18.5 Å². The Hall–Kier alpha value is -0.610. The molecule has 4 nitrogen and oxygen atoms in total. The predicted molar refractivity (Wildman–Crippen MR) is 69.0 cm³/mol. The predicted octanol–water partition coefficient (Wildman–Crippen LogP) is 1.45. The summed E-state index contributed by atoms with van der Waals surface area (Å²) in [6.07, 6.45) is 5.17. The standard InChI is InChI=1S/C13H26N2O2/c1-3-17-13(16)7-5-8-14-11(2)10-12-6-4-9-15-12/h11-12,14-15H,3-10H2,1-2H3. The Bertz CT molecular complexity index is 215. The molecule has 0 bridgehead atoms. The first kappa shape index (κ1) is 14.5. The summed E-state index contributed by atoms with van der Waals surface area (Å²) in [5.41, 5.74) is 0. The van der Waals surface area contributed by atoms with Crippen LogP contribution in [0.1, 0.15) is 46.0 Å². The monoisotopic (exact) mass is 242 g/mol. The van der Waals surface area contributed by atoms with E-state index in [4.69, 9.17) is 4.74 Å². The van der Waals surface area contributed by atoms with Crippen LogP contribution < -0.4 is 10.6 Å². The minimum Gasteiger partial charge on any atom is -0.466 e. The lowest BCUT2D eigenvalue weighted by atomic mass is 10.1. The van der Waals surface area contributed by atoms with Gasteiger partial charge < -0.3 is 15.4 Å². The zero-order valence-corrected chi connectivity index (χ0v) is 11.1. The van der Waals surface area contributed by atoms with Crippen LogP contribution in [0.5, 0.6) is 0 Å². The van der Waals surface area contributed by atoms with Crippen molar-refractivity contribution >= 4 is 5.97 Å². The summed E-state index contributed by atoms with van der Waals surface area (Å²) in [6, 6.07) is 1.20. The average Bonchev–Trinajstić information content (AvgIpc) is 2.77. The Morgan fingerprint density at radius 2 is 2.41 bits per heavy atom. The van der Waals surface area contributed by atoms with Crippen molar-refractivity contribution in [2.24, 2.45) is 0 Å². The van der Waals surface area contributed by atoms with Crippen LogP contribution in [0.25, 0.3) is 0 Å². The van der Waals surface area contributed by atoms with Gasteiger partial charge in [-0.3, -0.25) is 4.79 Å². The first-order valence-corrected chi connectivity index (χ1v) is 6.84. The summed E-state index contributed by atoms with van der Waals surface area (Å²) in [4.78, 5) is 11.1. The Labute approximate surface area is 104 Å². The van der Waals surface area contributed by atoms with E-state index in [1.807, 2.05) is 6.92 Å². The second-order valence-corrected chi connectivity index (χ2v) is 4.79. The van der Waals surface area contributed by atoms with Crippen molar-refractivity contribution < 1.29 is 9.53 Å². The van der Waals surface area contributed by atoms with Crippen LogP contribution >= 0.6 is 0 Å². The van der Waals surface area contributed by atoms with Gasteiger partial charge in [0.15, 0.2) is 0 Å². The molecular weight excluding hydrogens is 216 g/mol. The molecule has 2 atom stereocenters. The molecule has 2 unspecified atom stereocenters. The van der Waals surface area contributed by atoms with E-state index in [0.29, 0.717) is 25.1 Å². The van der Waals surface area contributed by atoms with E-state index in [2.05, 4.69) is 17.6 Å². The molecule has 1 saturated heterocycles. The first-order valence-electron chi connectivity index (χ1n) is 6.84. The SMILES string of the molecule is CCOC(=O)CCCNC(C)CC1CCCN1. The second-order valence-electron chi connectivity index (χ2n) is 4.79. The van der Waals surface area contributed by atoms with Crippen LogP contribution in [0.3, 0.4) is 0 Å². The maximum Gasteiger partial charge on any atom is 0.305 e. The highest BCUT2D eigenvalue weighted by atomic mass is 16.5. The zero-order chi connectivity index (χ0) is 12.5. The maximum atomic E-state index is 11.1. The molecule has 1 aliphatic rings. The largest absolute Gasteiger partial charge is 0.466 e. The Balaban J connectivity index is 1.96. The summed E-state index contributed by atoms with van der Waals surface area (Å²) in [7, 11) is 0. The van der Waals surface area contributed by atoms with Crippen molar-refractivity contribution in [3.63, 3.8) is 0 Å². The van der Waals surface area contributed by atoms with Gasteiger partial charge in [0.25, 0.3) is 0 Å². The van der Waals surface area contributed by atoms with E-state index >= 15 is 0 Å². The highest BCUT2D eigenvalue weighted by molar-refractivity contribution is 5.69. The summed E-state index contributed by atoms with van der Waals surface area (Å²) in [6.45, 7) is 6.60. The van der Waals surface area contributed by atoms with Gasteiger partial charge in [-0.1, -0.05) is 0 Å². The third-order valence-corrected chi connectivity index (χ3v) is 3.16.